The zero-order valence-electron chi connectivity index (χ0n) is 13.8. The Kier molecular flexibility index (Phi) is 5.91. The van der Waals surface area contributed by atoms with Crippen molar-refractivity contribution in [1.82, 2.24) is 14.8 Å². The van der Waals surface area contributed by atoms with Crippen molar-refractivity contribution in [3.63, 3.8) is 0 Å². The van der Waals surface area contributed by atoms with Gasteiger partial charge in [-0.15, -0.1) is 0 Å². The van der Waals surface area contributed by atoms with Crippen LogP contribution in [-0.2, 0) is 11.3 Å². The number of rotatable bonds is 5. The van der Waals surface area contributed by atoms with Crippen LogP contribution in [0.2, 0.25) is 0 Å². The number of likely N-dealkylation sites (N-methyl/N-ethyl adjacent to an activating group) is 1. The molecule has 122 valence electrons. The van der Waals surface area contributed by atoms with E-state index in [0.29, 0.717) is 44.9 Å². The molecule has 1 amide bonds. The Morgan fingerprint density at radius 2 is 2.09 bits per heavy atom. The minimum atomic E-state index is -0.246. The molecule has 1 aromatic heterocycles. The van der Waals surface area contributed by atoms with E-state index < -0.39 is 0 Å². The van der Waals surface area contributed by atoms with Gasteiger partial charge in [0.2, 0.25) is 5.91 Å². The Labute approximate surface area is 132 Å². The van der Waals surface area contributed by atoms with Gasteiger partial charge in [0.1, 0.15) is 0 Å². The van der Waals surface area contributed by atoms with Gasteiger partial charge in [-0.3, -0.25) is 14.7 Å². The number of nitrogens with zero attached hydrogens (tertiary/aromatic N) is 3. The summed E-state index contributed by atoms with van der Waals surface area (Å²) in [6.45, 7) is 6.64. The molecule has 0 spiro atoms. The predicted molar refractivity (Wildman–Crippen MR) is 86.5 cm³/mol. The number of piperidine rings is 1. The highest BCUT2D eigenvalue weighted by Crippen LogP contribution is 2.13. The molecule has 1 saturated heterocycles. The summed E-state index contributed by atoms with van der Waals surface area (Å²) in [4.78, 5) is 20.8. The number of likely N-dealkylation sites (tertiary alicyclic amines) is 1. The molecule has 1 aliphatic heterocycles. The first-order valence-electron chi connectivity index (χ1n) is 8.06. The quantitative estimate of drug-likeness (QED) is 0.898. The van der Waals surface area contributed by atoms with Crippen molar-refractivity contribution in [2.45, 2.75) is 45.3 Å². The summed E-state index contributed by atoms with van der Waals surface area (Å²) in [6, 6.07) is 6.07. The Hall–Kier alpha value is -1.46. The van der Waals surface area contributed by atoms with E-state index in [4.69, 9.17) is 0 Å². The van der Waals surface area contributed by atoms with Crippen LogP contribution >= 0.6 is 0 Å². The highest BCUT2D eigenvalue weighted by molar-refractivity contribution is 5.78. The molecule has 0 unspecified atom stereocenters. The highest BCUT2D eigenvalue weighted by Gasteiger charge is 2.22. The van der Waals surface area contributed by atoms with Gasteiger partial charge in [0.15, 0.2) is 0 Å². The smallest absolute Gasteiger partial charge is 0.236 e. The predicted octanol–water partition coefficient (Wildman–Crippen LogP) is 1.62. The molecular formula is C17H27N3O2. The van der Waals surface area contributed by atoms with Crippen molar-refractivity contribution in [3.05, 3.63) is 29.6 Å². The maximum absolute atomic E-state index is 12.3. The van der Waals surface area contributed by atoms with Crippen molar-refractivity contribution < 1.29 is 9.90 Å². The van der Waals surface area contributed by atoms with Gasteiger partial charge in [-0.25, -0.2) is 0 Å². The molecule has 0 bridgehead atoms. The van der Waals surface area contributed by atoms with E-state index in [-0.39, 0.29) is 12.0 Å². The molecule has 2 rings (SSSR count). The molecule has 2 heterocycles. The minimum Gasteiger partial charge on any atom is -0.393 e. The molecule has 22 heavy (non-hydrogen) atoms. The van der Waals surface area contributed by atoms with Crippen molar-refractivity contribution >= 4 is 5.91 Å². The summed E-state index contributed by atoms with van der Waals surface area (Å²) in [5.74, 6) is 0.543. The molecule has 0 aliphatic carbocycles. The summed E-state index contributed by atoms with van der Waals surface area (Å²) in [6.07, 6.45) is 1.13. The molecule has 5 nitrogen and oxygen atoms in total. The Bertz CT molecular complexity index is 496. The summed E-state index contributed by atoms with van der Waals surface area (Å²) in [7, 11) is 1.94. The largest absolute Gasteiger partial charge is 0.393 e. The second-order valence-electron chi connectivity index (χ2n) is 6.49. The van der Waals surface area contributed by atoms with E-state index in [2.05, 4.69) is 18.8 Å². The summed E-state index contributed by atoms with van der Waals surface area (Å²) in [5, 5.41) is 9.50. The molecular weight excluding hydrogens is 278 g/mol. The minimum absolute atomic E-state index is 0.134. The van der Waals surface area contributed by atoms with Gasteiger partial charge in [-0.2, -0.15) is 0 Å². The average molecular weight is 305 g/mol. The fourth-order valence-corrected chi connectivity index (χ4v) is 2.69. The molecule has 0 radical (unpaired) electrons. The van der Waals surface area contributed by atoms with Crippen LogP contribution in [0.4, 0.5) is 0 Å². The van der Waals surface area contributed by atoms with E-state index in [1.807, 2.05) is 35.0 Å². The van der Waals surface area contributed by atoms with Crippen LogP contribution in [0.5, 0.6) is 0 Å². The van der Waals surface area contributed by atoms with E-state index >= 15 is 0 Å². The number of aliphatic hydroxyl groups excluding tert-OH is 1. The number of aliphatic hydroxyl groups is 1. The normalized spacial score (nSPS) is 16.5. The van der Waals surface area contributed by atoms with E-state index in [1.54, 1.807) is 0 Å². The van der Waals surface area contributed by atoms with Crippen LogP contribution in [0.1, 0.15) is 44.0 Å². The standard InChI is InChI=1S/C17H27N3O2/c1-13(2)16-6-4-5-14(18-16)11-19(3)12-17(22)20-9-7-15(21)8-10-20/h4-6,13,15,21H,7-12H2,1-3H3. The third-order valence-electron chi connectivity index (χ3n) is 4.07. The fraction of sp³-hybridized carbons (Fsp3) is 0.647. The Morgan fingerprint density at radius 3 is 2.73 bits per heavy atom. The lowest BCUT2D eigenvalue weighted by Crippen LogP contribution is -2.44. The van der Waals surface area contributed by atoms with E-state index in [1.165, 1.54) is 0 Å². The summed E-state index contributed by atoms with van der Waals surface area (Å²) >= 11 is 0. The fourth-order valence-electron chi connectivity index (χ4n) is 2.69. The van der Waals surface area contributed by atoms with Crippen molar-refractivity contribution in [2.75, 3.05) is 26.7 Å². The first kappa shape index (κ1) is 16.9. The second kappa shape index (κ2) is 7.70. The third-order valence-corrected chi connectivity index (χ3v) is 4.07. The lowest BCUT2D eigenvalue weighted by Gasteiger charge is -2.31. The molecule has 1 aliphatic rings. The van der Waals surface area contributed by atoms with Crippen molar-refractivity contribution in [3.8, 4) is 0 Å². The molecule has 1 N–H and O–H groups in total. The zero-order valence-corrected chi connectivity index (χ0v) is 13.8. The Balaban J connectivity index is 1.86. The first-order chi connectivity index (χ1) is 10.5. The van der Waals surface area contributed by atoms with Crippen LogP contribution < -0.4 is 0 Å². The van der Waals surface area contributed by atoms with Gasteiger partial charge in [-0.05, 0) is 37.9 Å². The topological polar surface area (TPSA) is 56.7 Å². The number of carbonyl (C=O) groups excluding carboxylic acids is 1. The maximum Gasteiger partial charge on any atom is 0.236 e. The van der Waals surface area contributed by atoms with Crippen LogP contribution in [0.3, 0.4) is 0 Å². The number of aromatic nitrogens is 1. The van der Waals surface area contributed by atoms with Gasteiger partial charge in [0, 0.05) is 25.3 Å². The number of carbonyl (C=O) groups is 1. The van der Waals surface area contributed by atoms with Gasteiger partial charge in [0.05, 0.1) is 18.3 Å². The number of hydrogen-bond acceptors (Lipinski definition) is 4. The van der Waals surface area contributed by atoms with Crippen molar-refractivity contribution in [1.29, 1.82) is 0 Å². The van der Waals surface area contributed by atoms with Gasteiger partial charge >= 0.3 is 0 Å². The summed E-state index contributed by atoms with van der Waals surface area (Å²) < 4.78 is 0. The summed E-state index contributed by atoms with van der Waals surface area (Å²) in [5.41, 5.74) is 2.08. The monoisotopic (exact) mass is 305 g/mol. The molecule has 0 saturated carbocycles. The number of amides is 1. The second-order valence-corrected chi connectivity index (χ2v) is 6.49. The zero-order chi connectivity index (χ0) is 16.1. The lowest BCUT2D eigenvalue weighted by atomic mass is 10.1. The van der Waals surface area contributed by atoms with Crippen LogP contribution in [-0.4, -0.2) is 58.6 Å². The number of pyridine rings is 1. The first-order valence-corrected chi connectivity index (χ1v) is 8.06. The van der Waals surface area contributed by atoms with E-state index in [9.17, 15) is 9.90 Å². The highest BCUT2D eigenvalue weighted by atomic mass is 16.3. The van der Waals surface area contributed by atoms with Crippen molar-refractivity contribution in [2.24, 2.45) is 0 Å². The van der Waals surface area contributed by atoms with Gasteiger partial charge in [0.25, 0.3) is 0 Å². The molecule has 5 heteroatoms. The molecule has 0 atom stereocenters. The molecule has 1 aromatic rings. The number of hydrogen-bond donors (Lipinski definition) is 1. The lowest BCUT2D eigenvalue weighted by molar-refractivity contribution is -0.134. The van der Waals surface area contributed by atoms with Crippen LogP contribution in [0.25, 0.3) is 0 Å². The van der Waals surface area contributed by atoms with Gasteiger partial charge in [-0.1, -0.05) is 19.9 Å². The molecule has 1 fully saturated rings. The Morgan fingerprint density at radius 1 is 1.41 bits per heavy atom. The molecule has 0 aromatic carbocycles. The SMILES string of the molecule is CC(C)c1cccc(CN(C)CC(=O)N2CCC(O)CC2)n1. The third kappa shape index (κ3) is 4.78. The van der Waals surface area contributed by atoms with Crippen LogP contribution in [0, 0.1) is 0 Å². The van der Waals surface area contributed by atoms with E-state index in [0.717, 1.165) is 11.4 Å². The maximum atomic E-state index is 12.3. The van der Waals surface area contributed by atoms with Crippen LogP contribution in [0.15, 0.2) is 18.2 Å². The average Bonchev–Trinajstić information content (AvgIpc) is 2.47. The van der Waals surface area contributed by atoms with Gasteiger partial charge < -0.3 is 10.0 Å².